The van der Waals surface area contributed by atoms with Crippen LogP contribution in [0.3, 0.4) is 0 Å². The Balaban J connectivity index is 2.20. The molecule has 2 aromatic rings. The lowest BCUT2D eigenvalue weighted by atomic mass is 9.95. The molecule has 0 spiro atoms. The van der Waals surface area contributed by atoms with Gasteiger partial charge in [0.1, 0.15) is 0 Å². The molecule has 0 atom stereocenters. The Morgan fingerprint density at radius 3 is 2.16 bits per heavy atom. The molecular formula is C21H21NO3. The van der Waals surface area contributed by atoms with Crippen molar-refractivity contribution in [2.75, 3.05) is 12.4 Å². The van der Waals surface area contributed by atoms with Crippen molar-refractivity contribution in [3.05, 3.63) is 65.2 Å². The van der Waals surface area contributed by atoms with Gasteiger partial charge in [-0.1, -0.05) is 44.7 Å². The Kier molecular flexibility index (Phi) is 5.61. The Morgan fingerprint density at radius 2 is 1.56 bits per heavy atom. The molecule has 1 amide bonds. The molecule has 4 nitrogen and oxygen atoms in total. The van der Waals surface area contributed by atoms with E-state index in [1.807, 2.05) is 51.1 Å². The van der Waals surface area contributed by atoms with Crippen LogP contribution in [0.15, 0.2) is 48.5 Å². The van der Waals surface area contributed by atoms with Crippen LogP contribution in [-0.2, 0) is 9.53 Å². The van der Waals surface area contributed by atoms with Crippen molar-refractivity contribution in [2.24, 2.45) is 5.41 Å². The highest BCUT2D eigenvalue weighted by Crippen LogP contribution is 2.18. The molecule has 0 fully saturated rings. The van der Waals surface area contributed by atoms with Crippen LogP contribution < -0.4 is 5.32 Å². The van der Waals surface area contributed by atoms with Crippen LogP contribution in [0.4, 0.5) is 5.69 Å². The minimum Gasteiger partial charge on any atom is -0.465 e. The summed E-state index contributed by atoms with van der Waals surface area (Å²) in [7, 11) is 1.35. The predicted molar refractivity (Wildman–Crippen MR) is 98.3 cm³/mol. The highest BCUT2D eigenvalue weighted by atomic mass is 16.5. The Morgan fingerprint density at radius 1 is 0.960 bits per heavy atom. The molecule has 0 radical (unpaired) electrons. The number of nitrogens with one attached hydrogen (secondary N) is 1. The first-order valence-corrected chi connectivity index (χ1v) is 7.91. The minimum atomic E-state index is -0.462. The van der Waals surface area contributed by atoms with E-state index in [4.69, 9.17) is 4.74 Å². The molecular weight excluding hydrogens is 314 g/mol. The van der Waals surface area contributed by atoms with Gasteiger partial charge in [-0.15, -0.1) is 0 Å². The van der Waals surface area contributed by atoms with Crippen LogP contribution >= 0.6 is 0 Å². The van der Waals surface area contributed by atoms with E-state index in [0.717, 1.165) is 5.56 Å². The van der Waals surface area contributed by atoms with E-state index in [-0.39, 0.29) is 5.91 Å². The molecule has 0 aromatic heterocycles. The van der Waals surface area contributed by atoms with E-state index < -0.39 is 11.4 Å². The number of amides is 1. The van der Waals surface area contributed by atoms with Crippen LogP contribution in [0.25, 0.3) is 0 Å². The summed E-state index contributed by atoms with van der Waals surface area (Å²) in [6, 6.07) is 14.3. The van der Waals surface area contributed by atoms with E-state index in [2.05, 4.69) is 17.2 Å². The number of hydrogen-bond donors (Lipinski definition) is 1. The summed E-state index contributed by atoms with van der Waals surface area (Å²) in [6.07, 6.45) is 0. The van der Waals surface area contributed by atoms with Crippen LogP contribution in [0.5, 0.6) is 0 Å². The van der Waals surface area contributed by atoms with Crippen LogP contribution in [0, 0.1) is 17.3 Å². The third kappa shape index (κ3) is 5.22. The lowest BCUT2D eigenvalue weighted by Gasteiger charge is -2.17. The van der Waals surface area contributed by atoms with Gasteiger partial charge in [0, 0.05) is 22.2 Å². The van der Waals surface area contributed by atoms with Crippen molar-refractivity contribution < 1.29 is 14.3 Å². The molecule has 1 N–H and O–H groups in total. The number of methoxy groups -OCH3 is 1. The zero-order chi connectivity index (χ0) is 18.4. The normalized spacial score (nSPS) is 10.4. The summed E-state index contributed by atoms with van der Waals surface area (Å²) < 4.78 is 4.71. The zero-order valence-electron chi connectivity index (χ0n) is 14.8. The van der Waals surface area contributed by atoms with Crippen LogP contribution in [-0.4, -0.2) is 19.0 Å². The lowest BCUT2D eigenvalue weighted by molar-refractivity contribution is -0.123. The summed E-state index contributed by atoms with van der Waals surface area (Å²) >= 11 is 0. The molecule has 0 unspecified atom stereocenters. The molecule has 0 aliphatic carbocycles. The number of carbonyl (C=O) groups is 2. The molecule has 0 aliphatic heterocycles. The number of hydrogen-bond acceptors (Lipinski definition) is 3. The number of rotatable bonds is 2. The third-order valence-corrected chi connectivity index (χ3v) is 3.44. The summed E-state index contributed by atoms with van der Waals surface area (Å²) in [5.41, 5.74) is 2.19. The number of carbonyl (C=O) groups excluding carboxylic acids is 2. The number of ether oxygens (including phenoxy) is 1. The van der Waals surface area contributed by atoms with Crippen molar-refractivity contribution >= 4 is 17.6 Å². The quantitative estimate of drug-likeness (QED) is 0.670. The number of esters is 1. The molecule has 2 rings (SSSR count). The monoisotopic (exact) mass is 335 g/mol. The van der Waals surface area contributed by atoms with Gasteiger partial charge < -0.3 is 10.1 Å². The van der Waals surface area contributed by atoms with Gasteiger partial charge >= 0.3 is 5.97 Å². The lowest BCUT2D eigenvalue weighted by Crippen LogP contribution is -2.27. The maximum atomic E-state index is 12.1. The van der Waals surface area contributed by atoms with E-state index in [0.29, 0.717) is 16.8 Å². The van der Waals surface area contributed by atoms with Gasteiger partial charge in [0.25, 0.3) is 0 Å². The Bertz CT molecular complexity index is 851. The van der Waals surface area contributed by atoms with Crippen molar-refractivity contribution in [3.8, 4) is 11.8 Å². The summed E-state index contributed by atoms with van der Waals surface area (Å²) in [5, 5.41) is 2.88. The molecule has 128 valence electrons. The van der Waals surface area contributed by atoms with Gasteiger partial charge in [-0.25, -0.2) is 4.79 Å². The van der Waals surface area contributed by atoms with Gasteiger partial charge in [-0.2, -0.15) is 0 Å². The second kappa shape index (κ2) is 7.67. The molecule has 4 heteroatoms. The fourth-order valence-electron chi connectivity index (χ4n) is 1.98. The maximum Gasteiger partial charge on any atom is 0.337 e. The summed E-state index contributed by atoms with van der Waals surface area (Å²) in [6.45, 7) is 5.58. The van der Waals surface area contributed by atoms with E-state index >= 15 is 0 Å². The first kappa shape index (κ1) is 18.3. The second-order valence-electron chi connectivity index (χ2n) is 6.61. The van der Waals surface area contributed by atoms with Crippen molar-refractivity contribution in [3.63, 3.8) is 0 Å². The summed E-state index contributed by atoms with van der Waals surface area (Å²) in [4.78, 5) is 23.6. The first-order valence-electron chi connectivity index (χ1n) is 7.91. The van der Waals surface area contributed by atoms with E-state index in [9.17, 15) is 9.59 Å². The largest absolute Gasteiger partial charge is 0.465 e. The van der Waals surface area contributed by atoms with Gasteiger partial charge in [0.05, 0.1) is 12.7 Å². The van der Waals surface area contributed by atoms with E-state index in [1.165, 1.54) is 7.11 Å². The SMILES string of the molecule is COC(=O)c1cccc(C#Cc2cccc(NC(=O)C(C)(C)C)c2)c1. The highest BCUT2D eigenvalue weighted by Gasteiger charge is 2.21. The van der Waals surface area contributed by atoms with Crippen molar-refractivity contribution in [2.45, 2.75) is 20.8 Å². The standard InChI is InChI=1S/C21H21NO3/c1-21(2,3)20(24)22-18-10-6-8-16(14-18)12-11-15-7-5-9-17(13-15)19(23)25-4/h5-10,13-14H,1-4H3,(H,22,24). The number of benzene rings is 2. The average Bonchev–Trinajstić information content (AvgIpc) is 2.59. The topological polar surface area (TPSA) is 55.4 Å². The van der Waals surface area contributed by atoms with E-state index in [1.54, 1.807) is 18.2 Å². The highest BCUT2D eigenvalue weighted by molar-refractivity contribution is 5.94. The van der Waals surface area contributed by atoms with Gasteiger partial charge in [-0.05, 0) is 36.4 Å². The van der Waals surface area contributed by atoms with Crippen molar-refractivity contribution in [1.82, 2.24) is 0 Å². The van der Waals surface area contributed by atoms with Crippen LogP contribution in [0.2, 0.25) is 0 Å². The van der Waals surface area contributed by atoms with Crippen LogP contribution in [0.1, 0.15) is 42.3 Å². The Hall–Kier alpha value is -3.06. The van der Waals surface area contributed by atoms with Crippen molar-refractivity contribution in [1.29, 1.82) is 0 Å². The van der Waals surface area contributed by atoms with Gasteiger partial charge in [0.2, 0.25) is 5.91 Å². The van der Waals surface area contributed by atoms with Gasteiger partial charge in [-0.3, -0.25) is 4.79 Å². The summed E-state index contributed by atoms with van der Waals surface area (Å²) in [5.74, 6) is 5.62. The van der Waals surface area contributed by atoms with Gasteiger partial charge in [0.15, 0.2) is 0 Å². The number of anilines is 1. The average molecular weight is 335 g/mol. The smallest absolute Gasteiger partial charge is 0.337 e. The molecule has 25 heavy (non-hydrogen) atoms. The maximum absolute atomic E-state index is 12.1. The molecule has 0 saturated heterocycles. The minimum absolute atomic E-state index is 0.0524. The zero-order valence-corrected chi connectivity index (χ0v) is 14.8. The predicted octanol–water partition coefficient (Wildman–Crippen LogP) is 3.86. The molecule has 0 bridgehead atoms. The fraction of sp³-hybridized carbons (Fsp3) is 0.238. The molecule has 0 saturated carbocycles. The second-order valence-corrected chi connectivity index (χ2v) is 6.61. The molecule has 0 aliphatic rings. The molecule has 2 aromatic carbocycles. The fourth-order valence-corrected chi connectivity index (χ4v) is 1.98. The Labute approximate surface area is 148 Å². The third-order valence-electron chi connectivity index (χ3n) is 3.44. The first-order chi connectivity index (χ1) is 11.8. The molecule has 0 heterocycles.